The van der Waals surface area contributed by atoms with Crippen molar-refractivity contribution in [2.24, 2.45) is 0 Å². The van der Waals surface area contributed by atoms with E-state index in [1.54, 1.807) is 30.3 Å². The van der Waals surface area contributed by atoms with Crippen molar-refractivity contribution in [3.05, 3.63) is 113 Å². The number of halogens is 2. The molecule has 44 heavy (non-hydrogen) atoms. The normalized spacial score (nSPS) is 11.7. The van der Waals surface area contributed by atoms with Crippen molar-refractivity contribution in [1.29, 1.82) is 5.26 Å². The zero-order valence-corrected chi connectivity index (χ0v) is 23.2. The highest BCUT2D eigenvalue weighted by Crippen LogP contribution is 2.26. The van der Waals surface area contributed by atoms with Gasteiger partial charge in [-0.15, -0.1) is 0 Å². The van der Waals surface area contributed by atoms with Gasteiger partial charge in [-0.2, -0.15) is 5.26 Å². The average Bonchev–Trinajstić information content (AvgIpc) is 3.35. The number of carbonyl (C=O) groups is 2. The first-order valence-corrected chi connectivity index (χ1v) is 13.2. The Labute approximate surface area is 249 Å². The number of nitrogens with zero attached hydrogens (tertiary/aromatic N) is 4. The van der Waals surface area contributed by atoms with Crippen molar-refractivity contribution in [2.75, 3.05) is 7.11 Å². The predicted molar refractivity (Wildman–Crippen MR) is 153 cm³/mol. The molecule has 5 rings (SSSR count). The van der Waals surface area contributed by atoms with E-state index in [9.17, 15) is 24.2 Å². The molecule has 0 saturated heterocycles. The van der Waals surface area contributed by atoms with Crippen molar-refractivity contribution < 1.29 is 38.1 Å². The van der Waals surface area contributed by atoms with Gasteiger partial charge in [-0.3, -0.25) is 0 Å². The maximum Gasteiger partial charge on any atom is 0.335 e. The molecule has 12 heteroatoms. The fourth-order valence-electron chi connectivity index (χ4n) is 4.63. The molecule has 2 N–H and O–H groups in total. The van der Waals surface area contributed by atoms with Crippen molar-refractivity contribution in [3.8, 4) is 23.2 Å². The first-order chi connectivity index (χ1) is 21.2. The Bertz CT molecular complexity index is 1930. The van der Waals surface area contributed by atoms with Crippen LogP contribution < -0.4 is 4.74 Å². The van der Waals surface area contributed by atoms with Gasteiger partial charge in [-0.05, 0) is 48.0 Å². The van der Waals surface area contributed by atoms with Crippen molar-refractivity contribution in [1.82, 2.24) is 14.5 Å². The number of pyridine rings is 1. The van der Waals surface area contributed by atoms with Gasteiger partial charge in [0.05, 0.1) is 40.5 Å². The molecule has 0 aliphatic heterocycles. The maximum absolute atomic E-state index is 15.5. The molecular weight excluding hydrogens is 574 g/mol. The van der Waals surface area contributed by atoms with Crippen molar-refractivity contribution in [3.63, 3.8) is 0 Å². The summed E-state index contributed by atoms with van der Waals surface area (Å²) >= 11 is 0. The fourth-order valence-corrected chi connectivity index (χ4v) is 4.63. The lowest BCUT2D eigenvalue weighted by atomic mass is 10.1. The molecule has 3 aromatic carbocycles. The third-order valence-electron chi connectivity index (χ3n) is 6.96. The summed E-state index contributed by atoms with van der Waals surface area (Å²) in [5.41, 5.74) is 2.35. The molecule has 0 aliphatic carbocycles. The van der Waals surface area contributed by atoms with E-state index in [2.05, 4.69) is 9.97 Å². The summed E-state index contributed by atoms with van der Waals surface area (Å²) in [7, 11) is 1.25. The van der Waals surface area contributed by atoms with E-state index in [0.29, 0.717) is 28.1 Å². The molecule has 1 unspecified atom stereocenters. The lowest BCUT2D eigenvalue weighted by Gasteiger charge is -2.15. The molecule has 222 valence electrons. The predicted octanol–water partition coefficient (Wildman–Crippen LogP) is 5.22. The Morgan fingerprint density at radius 1 is 0.977 bits per heavy atom. The summed E-state index contributed by atoms with van der Waals surface area (Å²) in [6, 6.07) is 19.7. The Kier molecular flexibility index (Phi) is 8.59. The second-order valence-electron chi connectivity index (χ2n) is 9.76. The number of ether oxygens (including phenoxy) is 2. The average molecular weight is 599 g/mol. The molecule has 0 fully saturated rings. The second kappa shape index (κ2) is 12.7. The van der Waals surface area contributed by atoms with Crippen LogP contribution >= 0.6 is 0 Å². The number of aromatic carboxylic acids is 1. The second-order valence-corrected chi connectivity index (χ2v) is 9.76. The highest BCUT2D eigenvalue weighted by atomic mass is 19.1. The first-order valence-electron chi connectivity index (χ1n) is 13.2. The van der Waals surface area contributed by atoms with E-state index in [1.807, 2.05) is 6.07 Å². The van der Waals surface area contributed by atoms with Crippen LogP contribution in [0.15, 0.2) is 72.8 Å². The van der Waals surface area contributed by atoms with Gasteiger partial charge in [-0.1, -0.05) is 24.3 Å². The molecule has 0 saturated carbocycles. The van der Waals surface area contributed by atoms with E-state index in [4.69, 9.17) is 14.7 Å². The number of rotatable bonds is 11. The van der Waals surface area contributed by atoms with Crippen LogP contribution in [0.2, 0.25) is 0 Å². The number of aliphatic carboxylic acids is 1. The Balaban J connectivity index is 1.40. The zero-order valence-electron chi connectivity index (χ0n) is 23.2. The first kappa shape index (κ1) is 29.8. The molecule has 5 aromatic rings. The SMILES string of the molecule is COC(Cn1c(Cc2ccc(-c3cccc(OCc4ccc(C#N)cc4F)n3)cc2F)nc2ccc(C(=O)O)cc21)C(=O)O. The molecule has 10 nitrogen and oxygen atoms in total. The number of aromatic nitrogens is 3. The third kappa shape index (κ3) is 6.38. The molecule has 2 aromatic heterocycles. The lowest BCUT2D eigenvalue weighted by Crippen LogP contribution is -2.28. The number of carboxylic acids is 2. The number of methoxy groups -OCH3 is 1. The standard InChI is InChI=1S/C32H24F2N4O6/c1-43-28(32(41)42)16-38-27-13-21(31(39)40)9-10-26(27)36-29(38)14-19-7-8-20(12-24(19)34)25-3-2-4-30(37-25)44-17-22-6-5-18(15-35)11-23(22)33/h2-13,28H,14,16-17H2,1H3,(H,39,40)(H,41,42). The van der Waals surface area contributed by atoms with E-state index in [1.165, 1.54) is 48.1 Å². The number of fused-ring (bicyclic) bond motifs is 1. The van der Waals surface area contributed by atoms with Crippen LogP contribution in [0.1, 0.15) is 32.9 Å². The molecule has 0 spiro atoms. The van der Waals surface area contributed by atoms with Gasteiger partial charge in [0.15, 0.2) is 6.10 Å². The number of benzene rings is 3. The largest absolute Gasteiger partial charge is 0.479 e. The van der Waals surface area contributed by atoms with Gasteiger partial charge in [-0.25, -0.2) is 28.3 Å². The van der Waals surface area contributed by atoms with E-state index < -0.39 is 29.7 Å². The van der Waals surface area contributed by atoms with E-state index >= 15 is 4.39 Å². The van der Waals surface area contributed by atoms with Crippen LogP contribution in [-0.2, 0) is 29.1 Å². The van der Waals surface area contributed by atoms with Gasteiger partial charge in [0.25, 0.3) is 0 Å². The van der Waals surface area contributed by atoms with Crippen molar-refractivity contribution in [2.45, 2.75) is 25.7 Å². The third-order valence-corrected chi connectivity index (χ3v) is 6.96. The molecule has 0 amide bonds. The highest BCUT2D eigenvalue weighted by molar-refractivity contribution is 5.92. The molecule has 2 heterocycles. The van der Waals surface area contributed by atoms with Crippen LogP contribution in [0, 0.1) is 23.0 Å². The summed E-state index contributed by atoms with van der Waals surface area (Å²) in [6.07, 6.45) is -1.27. The lowest BCUT2D eigenvalue weighted by molar-refractivity contribution is -0.149. The van der Waals surface area contributed by atoms with Crippen LogP contribution in [-0.4, -0.2) is 49.9 Å². The fraction of sp³-hybridized carbons (Fsp3) is 0.156. The van der Waals surface area contributed by atoms with E-state index in [-0.39, 0.29) is 47.7 Å². The van der Waals surface area contributed by atoms with Crippen LogP contribution in [0.4, 0.5) is 8.78 Å². The summed E-state index contributed by atoms with van der Waals surface area (Å²) in [4.78, 5) is 32.2. The van der Waals surface area contributed by atoms with E-state index in [0.717, 1.165) is 6.07 Å². The maximum atomic E-state index is 15.5. The quantitative estimate of drug-likeness (QED) is 0.209. The summed E-state index contributed by atoms with van der Waals surface area (Å²) in [5.74, 6) is -3.01. The molecule has 0 radical (unpaired) electrons. The van der Waals surface area contributed by atoms with Gasteiger partial charge in [0.1, 0.15) is 24.1 Å². The number of hydrogen-bond acceptors (Lipinski definition) is 7. The number of nitriles is 1. The van der Waals surface area contributed by atoms with Gasteiger partial charge >= 0.3 is 11.9 Å². The molecule has 0 aliphatic rings. The van der Waals surface area contributed by atoms with Gasteiger partial charge in [0.2, 0.25) is 5.88 Å². The monoisotopic (exact) mass is 598 g/mol. The minimum absolute atomic E-state index is 0.00854. The highest BCUT2D eigenvalue weighted by Gasteiger charge is 2.22. The molecule has 0 bridgehead atoms. The van der Waals surface area contributed by atoms with Gasteiger partial charge < -0.3 is 24.3 Å². The summed E-state index contributed by atoms with van der Waals surface area (Å²) in [5, 5.41) is 27.9. The van der Waals surface area contributed by atoms with Crippen LogP contribution in [0.5, 0.6) is 5.88 Å². The minimum atomic E-state index is -1.25. The Hall–Kier alpha value is -5.67. The summed E-state index contributed by atoms with van der Waals surface area (Å²) in [6.45, 7) is -0.300. The smallest absolute Gasteiger partial charge is 0.335 e. The minimum Gasteiger partial charge on any atom is -0.479 e. The zero-order chi connectivity index (χ0) is 31.4. The van der Waals surface area contributed by atoms with Crippen LogP contribution in [0.25, 0.3) is 22.3 Å². The topological polar surface area (TPSA) is 148 Å². The number of carboxylic acid groups (broad SMARTS) is 2. The van der Waals surface area contributed by atoms with Crippen LogP contribution in [0.3, 0.4) is 0 Å². The van der Waals surface area contributed by atoms with Crippen molar-refractivity contribution >= 4 is 23.0 Å². The number of hydrogen-bond donors (Lipinski definition) is 2. The Morgan fingerprint density at radius 3 is 2.43 bits per heavy atom. The summed E-state index contributed by atoms with van der Waals surface area (Å²) < 4.78 is 41.9. The molecular formula is C32H24F2N4O6. The Morgan fingerprint density at radius 2 is 1.75 bits per heavy atom. The molecule has 1 atom stereocenters. The number of imidazole rings is 1. The van der Waals surface area contributed by atoms with Gasteiger partial charge in [0, 0.05) is 30.7 Å².